The number of rotatable bonds is 7. The molecule has 0 bridgehead atoms. The molecular weight excluding hydrogens is 168 g/mol. The molecule has 0 spiro atoms. The number of likely N-dealkylation sites (tertiary alicyclic amines) is 1. The highest BCUT2D eigenvalue weighted by atomic mass is 16.7. The Hall–Kier alpha value is -0.160. The molecule has 0 saturated carbocycles. The van der Waals surface area contributed by atoms with Crippen LogP contribution in [-0.2, 0) is 9.57 Å². The summed E-state index contributed by atoms with van der Waals surface area (Å²) in [7, 11) is 1.67. The van der Waals surface area contributed by atoms with Crippen LogP contribution >= 0.6 is 0 Å². The van der Waals surface area contributed by atoms with Crippen LogP contribution < -0.4 is 5.48 Å². The molecule has 0 aromatic heterocycles. The van der Waals surface area contributed by atoms with Crippen LogP contribution in [0.3, 0.4) is 0 Å². The Morgan fingerprint density at radius 2 is 2.00 bits per heavy atom. The van der Waals surface area contributed by atoms with E-state index in [1.807, 2.05) is 0 Å². The van der Waals surface area contributed by atoms with Crippen molar-refractivity contribution in [2.24, 2.45) is 0 Å². The number of hydroxylamine groups is 1. The fourth-order valence-electron chi connectivity index (χ4n) is 1.48. The van der Waals surface area contributed by atoms with Gasteiger partial charge in [-0.25, -0.2) is 5.48 Å². The van der Waals surface area contributed by atoms with E-state index in [0.29, 0.717) is 13.2 Å². The maximum absolute atomic E-state index is 5.13. The average Bonchev–Trinajstić information content (AvgIpc) is 2.63. The predicted octanol–water partition coefficient (Wildman–Crippen LogP) is 0.250. The molecule has 78 valence electrons. The van der Waals surface area contributed by atoms with Gasteiger partial charge in [0.2, 0.25) is 0 Å². The van der Waals surface area contributed by atoms with E-state index in [4.69, 9.17) is 9.57 Å². The summed E-state index contributed by atoms with van der Waals surface area (Å²) < 4.78 is 4.85. The number of ether oxygens (including phenoxy) is 1. The Morgan fingerprint density at radius 3 is 2.69 bits per heavy atom. The fraction of sp³-hybridized carbons (Fsp3) is 1.00. The maximum atomic E-state index is 5.13. The third-order valence-electron chi connectivity index (χ3n) is 2.22. The van der Waals surface area contributed by atoms with Gasteiger partial charge in [0.15, 0.2) is 0 Å². The molecule has 4 heteroatoms. The standard InChI is InChI=1S/C9H20N2O2/c1-12-8-9-13-10-4-7-11-5-2-3-6-11/h10H,2-9H2,1H3. The number of nitrogens with zero attached hydrogens (tertiary/aromatic N) is 1. The van der Waals surface area contributed by atoms with Crippen LogP contribution in [0.4, 0.5) is 0 Å². The average molecular weight is 188 g/mol. The Balaban J connectivity index is 1.78. The molecule has 1 fully saturated rings. The highest BCUT2D eigenvalue weighted by Crippen LogP contribution is 2.05. The van der Waals surface area contributed by atoms with Crippen molar-refractivity contribution in [1.29, 1.82) is 0 Å². The van der Waals surface area contributed by atoms with Gasteiger partial charge in [-0.1, -0.05) is 0 Å². The molecule has 0 amide bonds. The first-order valence-corrected chi connectivity index (χ1v) is 4.99. The molecule has 1 saturated heterocycles. The van der Waals surface area contributed by atoms with Crippen molar-refractivity contribution in [2.45, 2.75) is 12.8 Å². The Labute approximate surface area is 80.1 Å². The quantitative estimate of drug-likeness (QED) is 0.459. The molecule has 0 atom stereocenters. The number of hydrogen-bond acceptors (Lipinski definition) is 4. The molecular formula is C9H20N2O2. The number of hydrogen-bond donors (Lipinski definition) is 1. The zero-order chi connectivity index (χ0) is 9.36. The Bertz CT molecular complexity index is 116. The summed E-state index contributed by atoms with van der Waals surface area (Å²) in [6.07, 6.45) is 2.70. The van der Waals surface area contributed by atoms with Crippen molar-refractivity contribution >= 4 is 0 Å². The van der Waals surface area contributed by atoms with E-state index in [9.17, 15) is 0 Å². The van der Waals surface area contributed by atoms with Crippen molar-refractivity contribution < 1.29 is 9.57 Å². The summed E-state index contributed by atoms with van der Waals surface area (Å²) in [6, 6.07) is 0. The molecule has 0 radical (unpaired) electrons. The molecule has 0 aromatic carbocycles. The van der Waals surface area contributed by atoms with Crippen LogP contribution in [0.2, 0.25) is 0 Å². The molecule has 0 unspecified atom stereocenters. The molecule has 1 aliphatic heterocycles. The zero-order valence-corrected chi connectivity index (χ0v) is 8.42. The lowest BCUT2D eigenvalue weighted by Crippen LogP contribution is -2.30. The smallest absolute Gasteiger partial charge is 0.0915 e. The second-order valence-corrected chi connectivity index (χ2v) is 3.28. The summed E-state index contributed by atoms with van der Waals surface area (Å²) in [5, 5.41) is 0. The molecule has 1 N–H and O–H groups in total. The first kappa shape index (κ1) is 10.9. The van der Waals surface area contributed by atoms with E-state index >= 15 is 0 Å². The Kier molecular flexibility index (Phi) is 6.10. The molecule has 1 rings (SSSR count). The predicted molar refractivity (Wildman–Crippen MR) is 51.5 cm³/mol. The van der Waals surface area contributed by atoms with Gasteiger partial charge in [-0.05, 0) is 25.9 Å². The van der Waals surface area contributed by atoms with Gasteiger partial charge in [-0.15, -0.1) is 0 Å². The molecule has 13 heavy (non-hydrogen) atoms. The molecule has 0 aromatic rings. The van der Waals surface area contributed by atoms with Gasteiger partial charge in [0.05, 0.1) is 13.2 Å². The zero-order valence-electron chi connectivity index (χ0n) is 8.42. The van der Waals surface area contributed by atoms with Crippen LogP contribution in [0.1, 0.15) is 12.8 Å². The summed E-state index contributed by atoms with van der Waals surface area (Å²) in [5.41, 5.74) is 2.93. The minimum atomic E-state index is 0.622. The minimum Gasteiger partial charge on any atom is -0.382 e. The summed E-state index contributed by atoms with van der Waals surface area (Å²) in [6.45, 7) is 5.77. The first-order chi connectivity index (χ1) is 6.43. The summed E-state index contributed by atoms with van der Waals surface area (Å²) in [4.78, 5) is 7.58. The third kappa shape index (κ3) is 5.21. The van der Waals surface area contributed by atoms with Crippen molar-refractivity contribution in [3.63, 3.8) is 0 Å². The molecule has 0 aliphatic carbocycles. The van der Waals surface area contributed by atoms with Crippen LogP contribution in [0.25, 0.3) is 0 Å². The van der Waals surface area contributed by atoms with Crippen molar-refractivity contribution in [2.75, 3.05) is 46.5 Å². The normalized spacial score (nSPS) is 18.2. The van der Waals surface area contributed by atoms with Crippen molar-refractivity contribution in [3.05, 3.63) is 0 Å². The van der Waals surface area contributed by atoms with Crippen LogP contribution in [-0.4, -0.2) is 51.4 Å². The highest BCUT2D eigenvalue weighted by molar-refractivity contribution is 4.65. The topological polar surface area (TPSA) is 33.7 Å². The summed E-state index contributed by atoms with van der Waals surface area (Å²) in [5.74, 6) is 0. The summed E-state index contributed by atoms with van der Waals surface area (Å²) >= 11 is 0. The lowest BCUT2D eigenvalue weighted by molar-refractivity contribution is 0.00436. The van der Waals surface area contributed by atoms with E-state index < -0.39 is 0 Å². The van der Waals surface area contributed by atoms with E-state index in [2.05, 4.69) is 10.4 Å². The van der Waals surface area contributed by atoms with Gasteiger partial charge in [-0.3, -0.25) is 4.84 Å². The van der Waals surface area contributed by atoms with Gasteiger partial charge in [-0.2, -0.15) is 0 Å². The van der Waals surface area contributed by atoms with Crippen LogP contribution in [0.15, 0.2) is 0 Å². The van der Waals surface area contributed by atoms with Crippen molar-refractivity contribution in [1.82, 2.24) is 10.4 Å². The third-order valence-corrected chi connectivity index (χ3v) is 2.22. The lowest BCUT2D eigenvalue weighted by Gasteiger charge is -2.14. The fourth-order valence-corrected chi connectivity index (χ4v) is 1.48. The van der Waals surface area contributed by atoms with E-state index in [0.717, 1.165) is 13.1 Å². The molecule has 1 aliphatic rings. The lowest BCUT2D eigenvalue weighted by atomic mass is 10.4. The largest absolute Gasteiger partial charge is 0.382 e. The van der Waals surface area contributed by atoms with Gasteiger partial charge in [0.1, 0.15) is 0 Å². The monoisotopic (exact) mass is 188 g/mol. The number of methoxy groups -OCH3 is 1. The van der Waals surface area contributed by atoms with E-state index in [-0.39, 0.29) is 0 Å². The van der Waals surface area contributed by atoms with Crippen molar-refractivity contribution in [3.8, 4) is 0 Å². The van der Waals surface area contributed by atoms with Gasteiger partial charge >= 0.3 is 0 Å². The number of nitrogens with one attached hydrogen (secondary N) is 1. The van der Waals surface area contributed by atoms with Gasteiger partial charge in [0, 0.05) is 20.2 Å². The second-order valence-electron chi connectivity index (χ2n) is 3.28. The van der Waals surface area contributed by atoms with Crippen LogP contribution in [0.5, 0.6) is 0 Å². The second kappa shape index (κ2) is 7.26. The van der Waals surface area contributed by atoms with Gasteiger partial charge < -0.3 is 9.64 Å². The van der Waals surface area contributed by atoms with Crippen LogP contribution in [0, 0.1) is 0 Å². The molecule has 4 nitrogen and oxygen atoms in total. The minimum absolute atomic E-state index is 0.622. The Morgan fingerprint density at radius 1 is 1.23 bits per heavy atom. The highest BCUT2D eigenvalue weighted by Gasteiger charge is 2.09. The molecule has 1 heterocycles. The van der Waals surface area contributed by atoms with E-state index in [1.165, 1.54) is 25.9 Å². The first-order valence-electron chi connectivity index (χ1n) is 4.99. The van der Waals surface area contributed by atoms with E-state index in [1.54, 1.807) is 7.11 Å². The SMILES string of the molecule is COCCONCCN1CCCC1. The maximum Gasteiger partial charge on any atom is 0.0915 e. The van der Waals surface area contributed by atoms with Gasteiger partial charge in [0.25, 0.3) is 0 Å².